The number of carbonyl (C=O) groups excluding carboxylic acids is 1. The van der Waals surface area contributed by atoms with E-state index in [9.17, 15) is 13.6 Å². The van der Waals surface area contributed by atoms with Gasteiger partial charge in [-0.05, 0) is 56.9 Å². The molecule has 0 amide bonds. The third-order valence-electron chi connectivity index (χ3n) is 5.02. The van der Waals surface area contributed by atoms with Gasteiger partial charge in [-0.3, -0.25) is 4.79 Å². The van der Waals surface area contributed by atoms with E-state index in [0.29, 0.717) is 24.5 Å². The first kappa shape index (κ1) is 27.7. The van der Waals surface area contributed by atoms with Crippen LogP contribution in [0.25, 0.3) is 0 Å². The second kappa shape index (κ2) is 13.4. The van der Waals surface area contributed by atoms with E-state index in [2.05, 4.69) is 20.6 Å². The SMILES string of the molecule is COCCOc1ccc(Nc2ncc(F)c(Nc3cccc(CC(=O)C=C(C)CN(C)C)c3)n2)cc1F. The number of benzene rings is 2. The zero-order chi connectivity index (χ0) is 26.8. The number of methoxy groups -OCH3 is 1. The number of anilines is 4. The lowest BCUT2D eigenvalue weighted by atomic mass is 10.1. The summed E-state index contributed by atoms with van der Waals surface area (Å²) in [5.74, 6) is -1.15. The van der Waals surface area contributed by atoms with Crippen molar-refractivity contribution in [3.05, 3.63) is 77.5 Å². The van der Waals surface area contributed by atoms with E-state index in [1.807, 2.05) is 32.0 Å². The highest BCUT2D eigenvalue weighted by atomic mass is 19.1. The summed E-state index contributed by atoms with van der Waals surface area (Å²) in [5, 5.41) is 5.78. The second-order valence-corrected chi connectivity index (χ2v) is 8.70. The summed E-state index contributed by atoms with van der Waals surface area (Å²) >= 11 is 0. The molecule has 0 unspecified atom stereocenters. The average molecular weight is 512 g/mol. The summed E-state index contributed by atoms with van der Waals surface area (Å²) in [6, 6.07) is 11.4. The van der Waals surface area contributed by atoms with E-state index >= 15 is 0 Å². The Morgan fingerprint density at radius 3 is 2.57 bits per heavy atom. The number of rotatable bonds is 13. The fraction of sp³-hybridized carbons (Fsp3) is 0.296. The summed E-state index contributed by atoms with van der Waals surface area (Å²) in [6.45, 7) is 3.18. The zero-order valence-electron chi connectivity index (χ0n) is 21.3. The topological polar surface area (TPSA) is 88.6 Å². The van der Waals surface area contributed by atoms with Crippen LogP contribution in [-0.2, 0) is 16.0 Å². The molecule has 10 heteroatoms. The number of ketones is 1. The molecule has 196 valence electrons. The van der Waals surface area contributed by atoms with Crippen molar-refractivity contribution in [1.82, 2.24) is 14.9 Å². The Morgan fingerprint density at radius 2 is 1.84 bits per heavy atom. The molecule has 0 radical (unpaired) electrons. The molecule has 2 N–H and O–H groups in total. The van der Waals surface area contributed by atoms with E-state index in [0.717, 1.165) is 17.3 Å². The number of nitrogens with zero attached hydrogens (tertiary/aromatic N) is 3. The molecule has 1 heterocycles. The summed E-state index contributed by atoms with van der Waals surface area (Å²) < 4.78 is 39.0. The normalized spacial score (nSPS) is 11.5. The Morgan fingerprint density at radius 1 is 1.05 bits per heavy atom. The van der Waals surface area contributed by atoms with Crippen LogP contribution in [0.5, 0.6) is 5.75 Å². The number of likely N-dealkylation sites (N-methyl/N-ethyl adjacent to an activating group) is 1. The average Bonchev–Trinajstić information content (AvgIpc) is 2.82. The lowest BCUT2D eigenvalue weighted by Gasteiger charge is -2.12. The van der Waals surface area contributed by atoms with Gasteiger partial charge in [0.25, 0.3) is 0 Å². The molecule has 0 bridgehead atoms. The van der Waals surface area contributed by atoms with Crippen LogP contribution in [-0.4, -0.2) is 61.6 Å². The lowest BCUT2D eigenvalue weighted by molar-refractivity contribution is -0.114. The van der Waals surface area contributed by atoms with E-state index in [1.165, 1.54) is 19.2 Å². The van der Waals surface area contributed by atoms with Gasteiger partial charge in [0.2, 0.25) is 5.95 Å². The number of halogens is 2. The van der Waals surface area contributed by atoms with Gasteiger partial charge in [0.15, 0.2) is 29.0 Å². The van der Waals surface area contributed by atoms with E-state index in [4.69, 9.17) is 9.47 Å². The molecule has 3 rings (SSSR count). The molecule has 0 spiro atoms. The molecule has 0 saturated carbocycles. The minimum Gasteiger partial charge on any atom is -0.488 e. The van der Waals surface area contributed by atoms with Crippen LogP contribution < -0.4 is 15.4 Å². The van der Waals surface area contributed by atoms with Crippen LogP contribution >= 0.6 is 0 Å². The van der Waals surface area contributed by atoms with Crippen molar-refractivity contribution in [2.45, 2.75) is 13.3 Å². The van der Waals surface area contributed by atoms with Crippen LogP contribution in [0.4, 0.5) is 31.9 Å². The van der Waals surface area contributed by atoms with Gasteiger partial charge >= 0.3 is 0 Å². The van der Waals surface area contributed by atoms with Crippen molar-refractivity contribution in [3.63, 3.8) is 0 Å². The van der Waals surface area contributed by atoms with Crippen LogP contribution in [0.1, 0.15) is 12.5 Å². The molecule has 3 aromatic rings. The van der Waals surface area contributed by atoms with E-state index < -0.39 is 11.6 Å². The van der Waals surface area contributed by atoms with Crippen molar-refractivity contribution in [1.29, 1.82) is 0 Å². The molecule has 2 aromatic carbocycles. The molecular weight excluding hydrogens is 480 g/mol. The van der Waals surface area contributed by atoms with Gasteiger partial charge in [-0.15, -0.1) is 0 Å². The smallest absolute Gasteiger partial charge is 0.229 e. The van der Waals surface area contributed by atoms with Gasteiger partial charge in [0, 0.05) is 37.5 Å². The summed E-state index contributed by atoms with van der Waals surface area (Å²) in [6.07, 6.45) is 2.88. The zero-order valence-corrected chi connectivity index (χ0v) is 21.3. The third-order valence-corrected chi connectivity index (χ3v) is 5.02. The Labute approximate surface area is 215 Å². The highest BCUT2D eigenvalue weighted by Gasteiger charge is 2.11. The summed E-state index contributed by atoms with van der Waals surface area (Å²) in [7, 11) is 5.42. The molecule has 37 heavy (non-hydrogen) atoms. The van der Waals surface area contributed by atoms with Gasteiger partial charge in [-0.25, -0.2) is 13.8 Å². The predicted molar refractivity (Wildman–Crippen MR) is 140 cm³/mol. The summed E-state index contributed by atoms with van der Waals surface area (Å²) in [5.41, 5.74) is 2.68. The van der Waals surface area contributed by atoms with Crippen molar-refractivity contribution >= 4 is 28.9 Å². The van der Waals surface area contributed by atoms with Gasteiger partial charge in [-0.2, -0.15) is 4.98 Å². The largest absolute Gasteiger partial charge is 0.488 e. The van der Waals surface area contributed by atoms with Crippen LogP contribution in [0.15, 0.2) is 60.3 Å². The number of hydrogen-bond donors (Lipinski definition) is 2. The number of allylic oxidation sites excluding steroid dienone is 1. The van der Waals surface area contributed by atoms with Gasteiger partial charge in [0.1, 0.15) is 6.61 Å². The maximum Gasteiger partial charge on any atom is 0.229 e. The number of aromatic nitrogens is 2. The van der Waals surface area contributed by atoms with Crippen molar-refractivity contribution in [3.8, 4) is 5.75 Å². The lowest BCUT2D eigenvalue weighted by Crippen LogP contribution is -2.14. The number of nitrogens with one attached hydrogen (secondary N) is 2. The molecule has 0 saturated heterocycles. The monoisotopic (exact) mass is 511 g/mol. The maximum atomic E-state index is 14.4. The molecule has 0 aliphatic rings. The Bertz CT molecular complexity index is 1250. The van der Waals surface area contributed by atoms with Crippen LogP contribution in [0.3, 0.4) is 0 Å². The minimum absolute atomic E-state index is 0.0152. The van der Waals surface area contributed by atoms with Crippen molar-refractivity contribution in [2.75, 3.05) is 51.6 Å². The quantitative estimate of drug-likeness (QED) is 0.248. The van der Waals surface area contributed by atoms with Gasteiger partial charge in [0.05, 0.1) is 12.8 Å². The van der Waals surface area contributed by atoms with Crippen molar-refractivity contribution < 1.29 is 23.0 Å². The summed E-state index contributed by atoms with van der Waals surface area (Å²) in [4.78, 5) is 22.5. The first-order valence-electron chi connectivity index (χ1n) is 11.6. The molecule has 8 nitrogen and oxygen atoms in total. The van der Waals surface area contributed by atoms with E-state index in [-0.39, 0.29) is 36.3 Å². The number of carbonyl (C=O) groups is 1. The van der Waals surface area contributed by atoms with Crippen molar-refractivity contribution in [2.24, 2.45) is 0 Å². The molecule has 0 aliphatic carbocycles. The molecular formula is C27H31F2N5O3. The fourth-order valence-electron chi connectivity index (χ4n) is 3.54. The number of hydrogen-bond acceptors (Lipinski definition) is 8. The van der Waals surface area contributed by atoms with Gasteiger partial charge < -0.3 is 25.0 Å². The highest BCUT2D eigenvalue weighted by molar-refractivity contribution is 5.92. The maximum absolute atomic E-state index is 14.4. The fourth-order valence-corrected chi connectivity index (χ4v) is 3.54. The molecule has 0 fully saturated rings. The van der Waals surface area contributed by atoms with Crippen LogP contribution in [0.2, 0.25) is 0 Å². The van der Waals surface area contributed by atoms with Gasteiger partial charge in [-0.1, -0.05) is 17.7 Å². The number of ether oxygens (including phenoxy) is 2. The first-order chi connectivity index (χ1) is 17.7. The third kappa shape index (κ3) is 8.93. The first-order valence-corrected chi connectivity index (χ1v) is 11.6. The Hall–Kier alpha value is -3.89. The Kier molecular flexibility index (Phi) is 10.0. The van der Waals surface area contributed by atoms with Crippen LogP contribution in [0, 0.1) is 11.6 Å². The molecule has 0 aliphatic heterocycles. The molecule has 0 atom stereocenters. The predicted octanol–water partition coefficient (Wildman–Crippen LogP) is 4.89. The minimum atomic E-state index is -0.664. The van der Waals surface area contributed by atoms with E-state index in [1.54, 1.807) is 30.3 Å². The standard InChI is InChI=1S/C27H31F2N5O3/c1-18(17-34(2)3)12-22(35)14-19-6-5-7-20(13-19)31-26-24(29)16-30-27(33-26)32-21-8-9-25(23(28)15-21)37-11-10-36-4/h5-9,12-13,15-16H,10-11,14,17H2,1-4H3,(H2,30,31,32,33). The second-order valence-electron chi connectivity index (χ2n) is 8.70. The molecule has 1 aromatic heterocycles. The Balaban J connectivity index is 1.68. The highest BCUT2D eigenvalue weighted by Crippen LogP contribution is 2.25.